The van der Waals surface area contributed by atoms with E-state index in [9.17, 15) is 14.4 Å². The highest BCUT2D eigenvalue weighted by Gasteiger charge is 2.36. The Kier molecular flexibility index (Phi) is 8.25. The summed E-state index contributed by atoms with van der Waals surface area (Å²) in [6.45, 7) is 0.360. The van der Waals surface area contributed by atoms with Gasteiger partial charge in [0.1, 0.15) is 5.75 Å². The molecule has 0 N–H and O–H groups in total. The molecule has 9 heteroatoms. The number of thioether (sulfide) groups is 1. The van der Waals surface area contributed by atoms with Gasteiger partial charge in [-0.3, -0.25) is 14.5 Å². The minimum absolute atomic E-state index is 0.165. The molecule has 2 amide bonds. The summed E-state index contributed by atoms with van der Waals surface area (Å²) in [7, 11) is 1.31. The van der Waals surface area contributed by atoms with Crippen molar-refractivity contribution in [2.75, 3.05) is 20.3 Å². The number of ether oxygens (including phenoxy) is 2. The molecule has 6 nitrogen and oxygen atoms in total. The number of hydrogen-bond donors (Lipinski definition) is 0. The lowest BCUT2D eigenvalue weighted by molar-refractivity contribution is -0.143. The molecule has 2 aliphatic rings. The summed E-state index contributed by atoms with van der Waals surface area (Å²) in [6.07, 6.45) is 7.53. The van der Waals surface area contributed by atoms with Crippen LogP contribution >= 0.6 is 56.9 Å². The second-order valence-electron chi connectivity index (χ2n) is 6.97. The third kappa shape index (κ3) is 5.87. The van der Waals surface area contributed by atoms with Crippen molar-refractivity contribution in [3.63, 3.8) is 0 Å². The average Bonchev–Trinajstić information content (AvgIpc) is 2.95. The summed E-state index contributed by atoms with van der Waals surface area (Å²) >= 11 is 5.25. The molecular formula is C20H21I2NO5S. The lowest BCUT2D eigenvalue weighted by Gasteiger charge is -2.25. The third-order valence-electron chi connectivity index (χ3n) is 4.92. The van der Waals surface area contributed by atoms with E-state index in [-0.39, 0.29) is 17.8 Å². The van der Waals surface area contributed by atoms with Crippen LogP contribution in [-0.2, 0) is 14.3 Å². The summed E-state index contributed by atoms with van der Waals surface area (Å²) in [6, 6.07) is 3.73. The van der Waals surface area contributed by atoms with Gasteiger partial charge in [-0.05, 0) is 99.5 Å². The van der Waals surface area contributed by atoms with E-state index >= 15 is 0 Å². The zero-order chi connectivity index (χ0) is 21.0. The number of benzene rings is 1. The van der Waals surface area contributed by atoms with Gasteiger partial charge in [0.25, 0.3) is 11.1 Å². The number of methoxy groups -OCH3 is 1. The Hall–Kier alpha value is -0.820. The van der Waals surface area contributed by atoms with Gasteiger partial charge < -0.3 is 9.47 Å². The van der Waals surface area contributed by atoms with E-state index in [1.54, 1.807) is 6.08 Å². The highest BCUT2D eigenvalue weighted by Crippen LogP contribution is 2.36. The van der Waals surface area contributed by atoms with Crippen LogP contribution in [0.15, 0.2) is 17.0 Å². The Morgan fingerprint density at radius 3 is 2.48 bits per heavy atom. The van der Waals surface area contributed by atoms with E-state index in [0.29, 0.717) is 23.1 Å². The molecule has 156 valence electrons. The Morgan fingerprint density at radius 1 is 1.21 bits per heavy atom. The van der Waals surface area contributed by atoms with Crippen molar-refractivity contribution >= 4 is 80.1 Å². The second-order valence-corrected chi connectivity index (χ2v) is 10.3. The van der Waals surface area contributed by atoms with E-state index in [1.807, 2.05) is 12.1 Å². The van der Waals surface area contributed by atoms with Crippen molar-refractivity contribution in [1.82, 2.24) is 4.90 Å². The first-order valence-corrected chi connectivity index (χ1v) is 12.3. The van der Waals surface area contributed by atoms with Gasteiger partial charge in [-0.25, -0.2) is 4.79 Å². The van der Waals surface area contributed by atoms with E-state index in [4.69, 9.17) is 4.74 Å². The van der Waals surface area contributed by atoms with Crippen LogP contribution in [0.25, 0.3) is 6.08 Å². The number of carbonyl (C=O) groups is 3. The molecule has 0 atom stereocenters. The molecule has 0 unspecified atom stereocenters. The van der Waals surface area contributed by atoms with Crippen LogP contribution in [0.2, 0.25) is 0 Å². The first kappa shape index (κ1) is 22.9. The predicted molar refractivity (Wildman–Crippen MR) is 129 cm³/mol. The molecule has 0 spiro atoms. The van der Waals surface area contributed by atoms with Crippen LogP contribution in [0, 0.1) is 13.1 Å². The van der Waals surface area contributed by atoms with E-state index in [0.717, 1.165) is 37.3 Å². The highest BCUT2D eigenvalue weighted by molar-refractivity contribution is 14.1. The van der Waals surface area contributed by atoms with E-state index < -0.39 is 5.97 Å². The number of esters is 1. The number of nitrogens with zero attached hydrogens (tertiary/aromatic N) is 1. The minimum atomic E-state index is -0.452. The van der Waals surface area contributed by atoms with Crippen LogP contribution in [0.4, 0.5) is 4.79 Å². The smallest absolute Gasteiger partial charge is 0.343 e. The van der Waals surface area contributed by atoms with Crippen molar-refractivity contribution in [3.05, 3.63) is 29.7 Å². The summed E-state index contributed by atoms with van der Waals surface area (Å²) in [5.74, 6) is 0.359. The highest BCUT2D eigenvalue weighted by atomic mass is 127. The van der Waals surface area contributed by atoms with E-state index in [1.165, 1.54) is 31.3 Å². The Morgan fingerprint density at radius 2 is 1.86 bits per heavy atom. The molecule has 1 saturated heterocycles. The van der Waals surface area contributed by atoms with Gasteiger partial charge in [-0.1, -0.05) is 19.3 Å². The maximum Gasteiger partial charge on any atom is 0.343 e. The molecule has 1 aromatic rings. The van der Waals surface area contributed by atoms with Crippen molar-refractivity contribution in [1.29, 1.82) is 0 Å². The van der Waals surface area contributed by atoms with Crippen LogP contribution < -0.4 is 4.74 Å². The van der Waals surface area contributed by atoms with Gasteiger partial charge in [0, 0.05) is 6.54 Å². The number of carbonyl (C=O) groups excluding carboxylic acids is 3. The third-order valence-corrected chi connectivity index (χ3v) is 7.43. The summed E-state index contributed by atoms with van der Waals surface area (Å²) in [5.41, 5.74) is 0.812. The van der Waals surface area contributed by atoms with Crippen molar-refractivity contribution < 1.29 is 23.9 Å². The van der Waals surface area contributed by atoms with Crippen LogP contribution in [0.5, 0.6) is 5.75 Å². The molecule has 0 bridgehead atoms. The molecule has 3 rings (SSSR count). The lowest BCUT2D eigenvalue weighted by Crippen LogP contribution is -2.34. The average molecular weight is 641 g/mol. The number of halogens is 2. The zero-order valence-corrected chi connectivity index (χ0v) is 21.0. The fourth-order valence-corrected chi connectivity index (χ4v) is 6.40. The maximum absolute atomic E-state index is 12.8. The molecule has 1 aromatic carbocycles. The molecule has 1 aliphatic carbocycles. The standard InChI is InChI=1S/C20H21I2NO5S/c1-27-17(24)11-28-18-14(21)7-13(8-15(18)22)9-16-19(25)23(20(26)29-16)10-12-5-3-2-4-6-12/h7-9,12H,2-6,10-11H2,1H3/b16-9+. The van der Waals surface area contributed by atoms with Crippen LogP contribution in [0.1, 0.15) is 37.7 Å². The molecule has 1 heterocycles. The van der Waals surface area contributed by atoms with Crippen LogP contribution in [0.3, 0.4) is 0 Å². The van der Waals surface area contributed by atoms with Gasteiger partial charge in [0.2, 0.25) is 0 Å². The van der Waals surface area contributed by atoms with Gasteiger partial charge in [0.05, 0.1) is 19.2 Å². The Labute approximate surface area is 201 Å². The number of rotatable bonds is 6. The zero-order valence-electron chi connectivity index (χ0n) is 15.9. The predicted octanol–water partition coefficient (Wildman–Crippen LogP) is 5.06. The molecule has 29 heavy (non-hydrogen) atoms. The molecular weight excluding hydrogens is 620 g/mol. The molecule has 2 fully saturated rings. The van der Waals surface area contributed by atoms with Gasteiger partial charge in [-0.15, -0.1) is 0 Å². The lowest BCUT2D eigenvalue weighted by atomic mass is 9.89. The molecule has 1 aliphatic heterocycles. The number of amides is 2. The number of imide groups is 1. The summed E-state index contributed by atoms with van der Waals surface area (Å²) in [5, 5.41) is -0.186. The normalized spacial score (nSPS) is 19.1. The summed E-state index contributed by atoms with van der Waals surface area (Å²) in [4.78, 5) is 38.3. The minimum Gasteiger partial charge on any atom is -0.480 e. The largest absolute Gasteiger partial charge is 0.480 e. The SMILES string of the molecule is COC(=O)COc1c(I)cc(/C=C2/SC(=O)N(CC3CCCCC3)C2=O)cc1I. The molecule has 0 aromatic heterocycles. The van der Waals surface area contributed by atoms with Crippen molar-refractivity contribution in [3.8, 4) is 5.75 Å². The monoisotopic (exact) mass is 641 g/mol. The summed E-state index contributed by atoms with van der Waals surface area (Å²) < 4.78 is 11.8. The van der Waals surface area contributed by atoms with Crippen molar-refractivity contribution in [2.24, 2.45) is 5.92 Å². The van der Waals surface area contributed by atoms with Gasteiger partial charge >= 0.3 is 5.97 Å². The first-order valence-electron chi connectivity index (χ1n) is 9.33. The number of hydrogen-bond acceptors (Lipinski definition) is 6. The topological polar surface area (TPSA) is 72.9 Å². The van der Waals surface area contributed by atoms with Gasteiger partial charge in [0.15, 0.2) is 6.61 Å². The first-order chi connectivity index (χ1) is 13.9. The van der Waals surface area contributed by atoms with Crippen molar-refractivity contribution in [2.45, 2.75) is 32.1 Å². The quantitative estimate of drug-likeness (QED) is 0.246. The molecule has 0 radical (unpaired) electrons. The fraction of sp³-hybridized carbons (Fsp3) is 0.450. The fourth-order valence-electron chi connectivity index (χ4n) is 3.43. The maximum atomic E-state index is 12.8. The Balaban J connectivity index is 1.73. The Bertz CT molecular complexity index is 828. The van der Waals surface area contributed by atoms with Gasteiger partial charge in [-0.2, -0.15) is 0 Å². The van der Waals surface area contributed by atoms with Crippen LogP contribution in [-0.4, -0.2) is 42.3 Å². The van der Waals surface area contributed by atoms with E-state index in [2.05, 4.69) is 49.9 Å². The second kappa shape index (κ2) is 10.5. The molecule has 1 saturated carbocycles.